The molecular weight excluding hydrogens is 110 g/mol. The maximum Gasteiger partial charge on any atom is 0.111 e. The van der Waals surface area contributed by atoms with E-state index in [1.54, 1.807) is 0 Å². The molecule has 1 nitrogen and oxygen atoms in total. The van der Waals surface area contributed by atoms with Crippen LogP contribution in [0.3, 0.4) is 0 Å². The van der Waals surface area contributed by atoms with Gasteiger partial charge in [0, 0.05) is 6.54 Å². The summed E-state index contributed by atoms with van der Waals surface area (Å²) in [5, 5.41) is 0. The molecule has 0 aromatic heterocycles. The van der Waals surface area contributed by atoms with Gasteiger partial charge in [-0.15, -0.1) is 11.6 Å². The first-order valence-corrected chi connectivity index (χ1v) is 2.66. The van der Waals surface area contributed by atoms with Crippen LogP contribution in [0.2, 0.25) is 0 Å². The molecule has 1 unspecified atom stereocenters. The third-order valence-electron chi connectivity index (χ3n) is 1.02. The smallest absolute Gasteiger partial charge is 0.111 e. The first kappa shape index (κ1) is 5.13. The lowest BCUT2D eigenvalue weighted by Gasteiger charge is -2.09. The van der Waals surface area contributed by atoms with Gasteiger partial charge in [-0.1, -0.05) is 6.08 Å². The van der Waals surface area contributed by atoms with Crippen LogP contribution in [0.5, 0.6) is 0 Å². The molecule has 7 heavy (non-hydrogen) atoms. The van der Waals surface area contributed by atoms with Crippen molar-refractivity contribution in [3.05, 3.63) is 12.2 Å². The van der Waals surface area contributed by atoms with E-state index in [0.717, 1.165) is 6.54 Å². The minimum absolute atomic E-state index is 0.0139. The van der Waals surface area contributed by atoms with E-state index in [4.69, 9.17) is 11.6 Å². The fraction of sp³-hybridized carbons (Fsp3) is 0.600. The van der Waals surface area contributed by atoms with Gasteiger partial charge in [0.05, 0.1) is 0 Å². The predicted molar refractivity (Wildman–Crippen MR) is 30.1 cm³/mol. The second-order valence-electron chi connectivity index (χ2n) is 1.65. The molecule has 39 valence electrons. The Hall–Kier alpha value is -0.0100. The first-order valence-electron chi connectivity index (χ1n) is 2.23. The van der Waals surface area contributed by atoms with Crippen LogP contribution in [-0.4, -0.2) is 24.0 Å². The molecule has 0 fully saturated rings. The summed E-state index contributed by atoms with van der Waals surface area (Å²) >= 11 is 5.65. The Morgan fingerprint density at radius 2 is 2.71 bits per heavy atom. The number of hydrogen-bond acceptors (Lipinski definition) is 1. The van der Waals surface area contributed by atoms with Crippen LogP contribution < -0.4 is 0 Å². The lowest BCUT2D eigenvalue weighted by molar-refractivity contribution is 0.400. The summed E-state index contributed by atoms with van der Waals surface area (Å²) in [6.45, 7) is 0.939. The molecule has 1 rings (SSSR count). The van der Waals surface area contributed by atoms with E-state index >= 15 is 0 Å². The summed E-state index contributed by atoms with van der Waals surface area (Å²) in [5.74, 6) is 0. The van der Waals surface area contributed by atoms with E-state index in [1.165, 1.54) is 0 Å². The van der Waals surface area contributed by atoms with E-state index in [1.807, 2.05) is 18.0 Å². The SMILES string of the molecule is CN1CC=[C]C1Cl. The standard InChI is InChI=1S/C5H7ClN/c1-7-4-2-3-5(7)6/h2,5H,4H2,1H3. The number of nitrogens with zero attached hydrogens (tertiary/aromatic N) is 1. The summed E-state index contributed by atoms with van der Waals surface area (Å²) in [6, 6.07) is 0. The number of likely N-dealkylation sites (N-methyl/N-ethyl adjacent to an activating group) is 1. The van der Waals surface area contributed by atoms with Crippen molar-refractivity contribution < 1.29 is 0 Å². The van der Waals surface area contributed by atoms with E-state index in [0.29, 0.717) is 0 Å². The number of halogens is 1. The van der Waals surface area contributed by atoms with E-state index in [9.17, 15) is 0 Å². The molecule has 0 aromatic carbocycles. The van der Waals surface area contributed by atoms with Gasteiger partial charge in [0.15, 0.2) is 0 Å². The number of hydrogen-bond donors (Lipinski definition) is 0. The Balaban J connectivity index is 2.45. The van der Waals surface area contributed by atoms with Crippen molar-refractivity contribution in [2.75, 3.05) is 13.6 Å². The van der Waals surface area contributed by atoms with E-state index in [-0.39, 0.29) is 5.50 Å². The fourth-order valence-electron chi connectivity index (χ4n) is 0.514. The third-order valence-corrected chi connectivity index (χ3v) is 1.48. The third kappa shape index (κ3) is 0.956. The summed E-state index contributed by atoms with van der Waals surface area (Å²) < 4.78 is 0. The Morgan fingerprint density at radius 3 is 2.86 bits per heavy atom. The first-order chi connectivity index (χ1) is 3.30. The molecule has 1 aliphatic heterocycles. The summed E-state index contributed by atoms with van der Waals surface area (Å²) in [5.41, 5.74) is 0.0139. The molecule has 0 amide bonds. The Kier molecular flexibility index (Phi) is 1.35. The van der Waals surface area contributed by atoms with Crippen molar-refractivity contribution in [2.24, 2.45) is 0 Å². The normalized spacial score (nSPS) is 32.0. The molecule has 1 atom stereocenters. The molecule has 1 aliphatic rings. The molecule has 0 saturated carbocycles. The van der Waals surface area contributed by atoms with Crippen molar-refractivity contribution in [3.63, 3.8) is 0 Å². The van der Waals surface area contributed by atoms with Gasteiger partial charge < -0.3 is 0 Å². The van der Waals surface area contributed by atoms with Crippen molar-refractivity contribution in [2.45, 2.75) is 5.50 Å². The monoisotopic (exact) mass is 116 g/mol. The van der Waals surface area contributed by atoms with Gasteiger partial charge in [-0.25, -0.2) is 0 Å². The zero-order valence-electron chi connectivity index (χ0n) is 4.19. The predicted octanol–water partition coefficient (Wildman–Crippen LogP) is 0.856. The Labute approximate surface area is 48.6 Å². The van der Waals surface area contributed by atoms with Crippen LogP contribution in [0.4, 0.5) is 0 Å². The van der Waals surface area contributed by atoms with Gasteiger partial charge in [0.1, 0.15) is 5.50 Å². The fourth-order valence-corrected chi connectivity index (χ4v) is 0.682. The highest BCUT2D eigenvalue weighted by atomic mass is 35.5. The van der Waals surface area contributed by atoms with Crippen LogP contribution >= 0.6 is 11.6 Å². The van der Waals surface area contributed by atoms with Crippen LogP contribution in [-0.2, 0) is 0 Å². The molecule has 1 radical (unpaired) electrons. The minimum Gasteiger partial charge on any atom is -0.283 e. The summed E-state index contributed by atoms with van der Waals surface area (Å²) in [7, 11) is 1.97. The lowest BCUT2D eigenvalue weighted by Crippen LogP contribution is -2.19. The zero-order valence-corrected chi connectivity index (χ0v) is 4.94. The van der Waals surface area contributed by atoms with Gasteiger partial charge in [-0.3, -0.25) is 4.90 Å². The molecular formula is C5H7ClN. The zero-order chi connectivity index (χ0) is 5.28. The minimum atomic E-state index is 0.0139. The van der Waals surface area contributed by atoms with Crippen molar-refractivity contribution >= 4 is 11.6 Å². The molecule has 0 spiro atoms. The van der Waals surface area contributed by atoms with E-state index in [2.05, 4.69) is 6.08 Å². The van der Waals surface area contributed by atoms with Gasteiger partial charge >= 0.3 is 0 Å². The topological polar surface area (TPSA) is 3.24 Å². The van der Waals surface area contributed by atoms with Crippen molar-refractivity contribution in [1.82, 2.24) is 4.90 Å². The molecule has 0 bridgehead atoms. The van der Waals surface area contributed by atoms with Crippen molar-refractivity contribution in [1.29, 1.82) is 0 Å². The van der Waals surface area contributed by atoms with Crippen molar-refractivity contribution in [3.8, 4) is 0 Å². The van der Waals surface area contributed by atoms with Gasteiger partial charge in [-0.2, -0.15) is 0 Å². The van der Waals surface area contributed by atoms with Gasteiger partial charge in [0.2, 0.25) is 0 Å². The highest BCUT2D eigenvalue weighted by Crippen LogP contribution is 2.07. The van der Waals surface area contributed by atoms with Gasteiger partial charge in [-0.05, 0) is 13.1 Å². The molecule has 0 saturated heterocycles. The quantitative estimate of drug-likeness (QED) is 0.335. The highest BCUT2D eigenvalue weighted by Gasteiger charge is 2.10. The van der Waals surface area contributed by atoms with Crippen LogP contribution in [0.1, 0.15) is 0 Å². The highest BCUT2D eigenvalue weighted by molar-refractivity contribution is 6.21. The number of rotatable bonds is 0. The maximum atomic E-state index is 5.65. The second-order valence-corrected chi connectivity index (χ2v) is 2.06. The average molecular weight is 117 g/mol. The molecule has 0 N–H and O–H groups in total. The largest absolute Gasteiger partial charge is 0.283 e. The van der Waals surface area contributed by atoms with Crippen LogP contribution in [0.15, 0.2) is 6.08 Å². The lowest BCUT2D eigenvalue weighted by atomic mass is 10.6. The maximum absolute atomic E-state index is 5.65. The molecule has 2 heteroatoms. The average Bonchev–Trinajstić information content (AvgIpc) is 1.91. The van der Waals surface area contributed by atoms with E-state index < -0.39 is 0 Å². The van der Waals surface area contributed by atoms with Crippen LogP contribution in [0.25, 0.3) is 0 Å². The Bertz CT molecular complexity index is 90.1. The summed E-state index contributed by atoms with van der Waals surface area (Å²) in [6.07, 6.45) is 4.88. The molecule has 1 heterocycles. The Morgan fingerprint density at radius 1 is 2.00 bits per heavy atom. The number of alkyl halides is 1. The molecule has 0 aromatic rings. The van der Waals surface area contributed by atoms with Crippen LogP contribution in [0, 0.1) is 6.08 Å². The summed E-state index contributed by atoms with van der Waals surface area (Å²) in [4.78, 5) is 2.00. The molecule has 0 aliphatic carbocycles. The second kappa shape index (κ2) is 1.85. The van der Waals surface area contributed by atoms with Gasteiger partial charge in [0.25, 0.3) is 0 Å².